The molecule has 0 saturated carbocycles. The summed E-state index contributed by atoms with van der Waals surface area (Å²) in [5.41, 5.74) is 1.78. The zero-order valence-electron chi connectivity index (χ0n) is 13.6. The van der Waals surface area contributed by atoms with E-state index in [-0.39, 0.29) is 11.4 Å². The number of nitrogens with zero attached hydrogens (tertiary/aromatic N) is 2. The normalized spacial score (nSPS) is 10.9. The van der Waals surface area contributed by atoms with Crippen molar-refractivity contribution in [1.29, 1.82) is 5.26 Å². The Hall–Kier alpha value is -3.59. The summed E-state index contributed by atoms with van der Waals surface area (Å²) in [7, 11) is 0. The number of aliphatic imine (C=N–C) groups is 1. The molecule has 1 N–H and O–H groups in total. The molecule has 0 aliphatic carbocycles. The summed E-state index contributed by atoms with van der Waals surface area (Å²) in [6.07, 6.45) is 1.44. The lowest BCUT2D eigenvalue weighted by molar-refractivity contribution is 0.0697. The van der Waals surface area contributed by atoms with Gasteiger partial charge in [-0.25, -0.2) is 9.79 Å². The average Bonchev–Trinajstić information content (AvgIpc) is 3.18. The van der Waals surface area contributed by atoms with Gasteiger partial charge in [-0.15, -0.1) is 0 Å². The SMILES string of the molecule is Cc1oc(N=Cc2ccc(-c3ccccc3C(=O)O)o2)c(C#N)c1C. The fourth-order valence-corrected chi connectivity index (χ4v) is 2.41. The van der Waals surface area contributed by atoms with E-state index >= 15 is 0 Å². The van der Waals surface area contributed by atoms with Crippen molar-refractivity contribution in [3.05, 3.63) is 64.6 Å². The molecule has 0 amide bonds. The third kappa shape index (κ3) is 3.08. The van der Waals surface area contributed by atoms with Gasteiger partial charge in [0.25, 0.3) is 0 Å². The number of nitriles is 1. The van der Waals surface area contributed by atoms with E-state index in [2.05, 4.69) is 11.1 Å². The molecule has 0 saturated heterocycles. The molecule has 3 rings (SSSR count). The minimum atomic E-state index is -1.03. The minimum absolute atomic E-state index is 0.157. The number of aromatic carboxylic acids is 1. The summed E-state index contributed by atoms with van der Waals surface area (Å²) in [5, 5.41) is 18.4. The molecule has 0 bridgehead atoms. The van der Waals surface area contributed by atoms with Crippen LogP contribution in [-0.4, -0.2) is 17.3 Å². The first-order chi connectivity index (χ1) is 12.0. The van der Waals surface area contributed by atoms with E-state index in [1.54, 1.807) is 44.2 Å². The molecule has 2 aromatic heterocycles. The van der Waals surface area contributed by atoms with Gasteiger partial charge in [0.1, 0.15) is 28.9 Å². The Morgan fingerprint density at radius 1 is 1.20 bits per heavy atom. The van der Waals surface area contributed by atoms with Crippen molar-refractivity contribution < 1.29 is 18.7 Å². The number of aryl methyl sites for hydroxylation is 1. The summed E-state index contributed by atoms with van der Waals surface area (Å²) in [6, 6.07) is 12.0. The van der Waals surface area contributed by atoms with Crippen LogP contribution in [0.25, 0.3) is 11.3 Å². The van der Waals surface area contributed by atoms with Gasteiger partial charge in [-0.05, 0) is 32.0 Å². The van der Waals surface area contributed by atoms with Gasteiger partial charge in [-0.1, -0.05) is 18.2 Å². The topological polar surface area (TPSA) is 99.7 Å². The number of benzene rings is 1. The zero-order chi connectivity index (χ0) is 18.0. The Labute approximate surface area is 143 Å². The molecule has 0 spiro atoms. The van der Waals surface area contributed by atoms with Crippen LogP contribution in [-0.2, 0) is 0 Å². The van der Waals surface area contributed by atoms with Crippen LogP contribution in [0.1, 0.15) is 33.0 Å². The van der Waals surface area contributed by atoms with Crippen molar-refractivity contribution in [2.75, 3.05) is 0 Å². The zero-order valence-corrected chi connectivity index (χ0v) is 13.6. The second-order valence-corrected chi connectivity index (χ2v) is 5.39. The Kier molecular flexibility index (Phi) is 4.23. The van der Waals surface area contributed by atoms with Gasteiger partial charge in [-0.3, -0.25) is 0 Å². The van der Waals surface area contributed by atoms with Crippen LogP contribution >= 0.6 is 0 Å². The number of carboxylic acids is 1. The van der Waals surface area contributed by atoms with Crippen molar-refractivity contribution in [2.45, 2.75) is 13.8 Å². The molecule has 0 aliphatic heterocycles. The van der Waals surface area contributed by atoms with Gasteiger partial charge in [0.05, 0.1) is 11.8 Å². The van der Waals surface area contributed by atoms with E-state index in [0.717, 1.165) is 5.56 Å². The van der Waals surface area contributed by atoms with E-state index in [1.165, 1.54) is 12.3 Å². The Morgan fingerprint density at radius 3 is 2.68 bits per heavy atom. The molecular formula is C19H14N2O4. The predicted molar refractivity (Wildman–Crippen MR) is 91.3 cm³/mol. The third-order valence-corrected chi connectivity index (χ3v) is 3.84. The highest BCUT2D eigenvalue weighted by atomic mass is 16.4. The van der Waals surface area contributed by atoms with Crippen LogP contribution in [0.2, 0.25) is 0 Å². The summed E-state index contributed by atoms with van der Waals surface area (Å²) in [5.74, 6) is 0.681. The first-order valence-electron chi connectivity index (χ1n) is 7.48. The van der Waals surface area contributed by atoms with Gasteiger partial charge in [0.2, 0.25) is 5.88 Å². The van der Waals surface area contributed by atoms with Crippen molar-refractivity contribution in [3.8, 4) is 17.4 Å². The summed E-state index contributed by atoms with van der Waals surface area (Å²) < 4.78 is 11.1. The maximum Gasteiger partial charge on any atom is 0.336 e. The number of carboxylic acid groups (broad SMARTS) is 1. The first-order valence-corrected chi connectivity index (χ1v) is 7.48. The standard InChI is InChI=1S/C19H14N2O4/c1-11-12(2)24-18(16(11)9-20)21-10-13-7-8-17(25-13)14-5-3-4-6-15(14)19(22)23/h3-8,10H,1-2H3,(H,22,23). The van der Waals surface area contributed by atoms with Gasteiger partial charge < -0.3 is 13.9 Å². The predicted octanol–water partition coefficient (Wildman–Crippen LogP) is 4.48. The van der Waals surface area contributed by atoms with Crippen LogP contribution in [0.3, 0.4) is 0 Å². The van der Waals surface area contributed by atoms with Crippen molar-refractivity contribution in [2.24, 2.45) is 4.99 Å². The Balaban J connectivity index is 1.92. The lowest BCUT2D eigenvalue weighted by atomic mass is 10.1. The molecule has 0 atom stereocenters. The fourth-order valence-electron chi connectivity index (χ4n) is 2.41. The highest BCUT2D eigenvalue weighted by Gasteiger charge is 2.15. The lowest BCUT2D eigenvalue weighted by Gasteiger charge is -2.01. The van der Waals surface area contributed by atoms with Crippen LogP contribution < -0.4 is 0 Å². The molecule has 2 heterocycles. The Bertz CT molecular complexity index is 1020. The molecule has 0 aliphatic rings. The molecule has 3 aromatic rings. The quantitative estimate of drug-likeness (QED) is 0.709. The van der Waals surface area contributed by atoms with Crippen LogP contribution in [0.4, 0.5) is 5.88 Å². The summed E-state index contributed by atoms with van der Waals surface area (Å²) >= 11 is 0. The number of furan rings is 2. The highest BCUT2D eigenvalue weighted by Crippen LogP contribution is 2.29. The smallest absolute Gasteiger partial charge is 0.336 e. The largest absolute Gasteiger partial charge is 0.478 e. The van der Waals surface area contributed by atoms with Crippen LogP contribution in [0.15, 0.2) is 50.2 Å². The van der Waals surface area contributed by atoms with Gasteiger partial charge in [-0.2, -0.15) is 5.26 Å². The molecule has 1 aromatic carbocycles. The number of hydrogen-bond donors (Lipinski definition) is 1. The Morgan fingerprint density at radius 2 is 1.96 bits per heavy atom. The van der Waals surface area contributed by atoms with Gasteiger partial charge in [0, 0.05) is 11.1 Å². The van der Waals surface area contributed by atoms with E-state index in [1.807, 2.05) is 0 Å². The molecule has 0 radical (unpaired) electrons. The summed E-state index contributed by atoms with van der Waals surface area (Å²) in [4.78, 5) is 15.5. The van der Waals surface area contributed by atoms with Crippen molar-refractivity contribution in [1.82, 2.24) is 0 Å². The lowest BCUT2D eigenvalue weighted by Crippen LogP contribution is -1.98. The summed E-state index contributed by atoms with van der Waals surface area (Å²) in [6.45, 7) is 3.56. The molecular weight excluding hydrogens is 320 g/mol. The van der Waals surface area contributed by atoms with E-state index in [9.17, 15) is 15.2 Å². The maximum atomic E-state index is 11.3. The molecule has 124 valence electrons. The second-order valence-electron chi connectivity index (χ2n) is 5.39. The number of carbonyl (C=O) groups is 1. The average molecular weight is 334 g/mol. The van der Waals surface area contributed by atoms with Crippen LogP contribution in [0, 0.1) is 25.2 Å². The third-order valence-electron chi connectivity index (χ3n) is 3.84. The number of rotatable bonds is 4. The van der Waals surface area contributed by atoms with Crippen molar-refractivity contribution in [3.63, 3.8) is 0 Å². The highest BCUT2D eigenvalue weighted by molar-refractivity contribution is 5.95. The van der Waals surface area contributed by atoms with E-state index in [0.29, 0.717) is 28.4 Å². The molecule has 0 unspecified atom stereocenters. The minimum Gasteiger partial charge on any atom is -0.478 e. The first kappa shape index (κ1) is 16.3. The second kappa shape index (κ2) is 6.49. The molecule has 6 heteroatoms. The van der Waals surface area contributed by atoms with Crippen LogP contribution in [0.5, 0.6) is 0 Å². The molecule has 0 fully saturated rings. The van der Waals surface area contributed by atoms with Crippen molar-refractivity contribution >= 4 is 18.1 Å². The fraction of sp³-hybridized carbons (Fsp3) is 0.105. The van der Waals surface area contributed by atoms with Gasteiger partial charge >= 0.3 is 5.97 Å². The van der Waals surface area contributed by atoms with E-state index < -0.39 is 5.97 Å². The maximum absolute atomic E-state index is 11.3. The molecule has 25 heavy (non-hydrogen) atoms. The molecule has 6 nitrogen and oxygen atoms in total. The van der Waals surface area contributed by atoms with Gasteiger partial charge in [0.15, 0.2) is 0 Å². The number of hydrogen-bond acceptors (Lipinski definition) is 5. The van der Waals surface area contributed by atoms with E-state index in [4.69, 9.17) is 8.83 Å². The monoisotopic (exact) mass is 334 g/mol.